The summed E-state index contributed by atoms with van der Waals surface area (Å²) in [6, 6.07) is 5.98. The summed E-state index contributed by atoms with van der Waals surface area (Å²) in [6.07, 6.45) is 4.42. The Labute approximate surface area is 151 Å². The predicted octanol–water partition coefficient (Wildman–Crippen LogP) is 3.14. The molecule has 3 rings (SSSR count). The largest absolute Gasteiger partial charge is 0.349 e. The van der Waals surface area contributed by atoms with Crippen molar-refractivity contribution in [3.05, 3.63) is 47.3 Å². The van der Waals surface area contributed by atoms with Crippen molar-refractivity contribution < 1.29 is 14.0 Å². The number of benzene rings is 1. The molecule has 26 heavy (non-hydrogen) atoms. The number of carbonyl (C=O) groups excluding carboxylic acids is 2. The van der Waals surface area contributed by atoms with E-state index in [0.29, 0.717) is 19.5 Å². The Kier molecular flexibility index (Phi) is 5.65. The van der Waals surface area contributed by atoms with Gasteiger partial charge in [-0.05, 0) is 37.8 Å². The van der Waals surface area contributed by atoms with Gasteiger partial charge in [-0.2, -0.15) is 0 Å². The zero-order valence-corrected chi connectivity index (χ0v) is 14.8. The van der Waals surface area contributed by atoms with Crippen LogP contribution in [0.15, 0.2) is 24.3 Å². The third-order valence-electron chi connectivity index (χ3n) is 4.47. The molecule has 0 atom stereocenters. The number of anilines is 1. The summed E-state index contributed by atoms with van der Waals surface area (Å²) >= 11 is 0. The van der Waals surface area contributed by atoms with Gasteiger partial charge in [-0.15, -0.1) is 0 Å². The summed E-state index contributed by atoms with van der Waals surface area (Å²) in [4.78, 5) is 29.4. The number of hydrogen-bond donors (Lipinski definition) is 2. The first-order chi connectivity index (χ1) is 12.6. The third-order valence-corrected chi connectivity index (χ3v) is 4.47. The first-order valence-electron chi connectivity index (χ1n) is 9.05. The number of carbonyl (C=O) groups is 2. The molecule has 0 spiro atoms. The van der Waals surface area contributed by atoms with Crippen molar-refractivity contribution in [3.8, 4) is 0 Å². The van der Waals surface area contributed by atoms with Crippen LogP contribution in [0, 0.1) is 5.82 Å². The standard InChI is InChI=1S/C19H23FN4O2/c1-2-3-11-21-19(26)17-23-16(15-10-6-7-12-24(15)17)18(25)22-14-9-5-4-8-13(14)20/h4-5,8-9H,2-3,6-7,10-12H2,1H3,(H,21,26)(H,22,25). The summed E-state index contributed by atoms with van der Waals surface area (Å²) in [6.45, 7) is 3.29. The highest BCUT2D eigenvalue weighted by Gasteiger charge is 2.27. The van der Waals surface area contributed by atoms with E-state index in [9.17, 15) is 14.0 Å². The molecule has 0 radical (unpaired) electrons. The smallest absolute Gasteiger partial charge is 0.287 e. The summed E-state index contributed by atoms with van der Waals surface area (Å²) < 4.78 is 15.6. The Morgan fingerprint density at radius 3 is 2.81 bits per heavy atom. The van der Waals surface area contributed by atoms with E-state index in [2.05, 4.69) is 22.5 Å². The molecule has 7 heteroatoms. The van der Waals surface area contributed by atoms with Crippen LogP contribution in [0.4, 0.5) is 10.1 Å². The average Bonchev–Trinajstić information content (AvgIpc) is 3.04. The summed E-state index contributed by atoms with van der Waals surface area (Å²) in [5.74, 6) is -1.01. The van der Waals surface area contributed by atoms with E-state index < -0.39 is 11.7 Å². The number of nitrogens with one attached hydrogen (secondary N) is 2. The molecular weight excluding hydrogens is 335 g/mol. The van der Waals surface area contributed by atoms with Crippen LogP contribution in [0.1, 0.15) is 59.4 Å². The highest BCUT2D eigenvalue weighted by atomic mass is 19.1. The molecule has 2 amide bonds. The van der Waals surface area contributed by atoms with Gasteiger partial charge < -0.3 is 15.2 Å². The lowest BCUT2D eigenvalue weighted by Gasteiger charge is -2.17. The van der Waals surface area contributed by atoms with Crippen LogP contribution in [0.3, 0.4) is 0 Å². The number of unbranched alkanes of at least 4 members (excludes halogenated alkanes) is 1. The summed E-state index contributed by atoms with van der Waals surface area (Å²) in [5.41, 5.74) is 1.04. The molecule has 0 bridgehead atoms. The first kappa shape index (κ1) is 18.1. The molecular formula is C19H23FN4O2. The molecule has 0 saturated carbocycles. The van der Waals surface area contributed by atoms with Crippen molar-refractivity contribution >= 4 is 17.5 Å². The fourth-order valence-corrected chi connectivity index (χ4v) is 3.10. The first-order valence-corrected chi connectivity index (χ1v) is 9.05. The number of aromatic nitrogens is 2. The SMILES string of the molecule is CCCCNC(=O)c1nc(C(=O)Nc2ccccc2F)c2n1CCCC2. The molecule has 138 valence electrons. The Morgan fingerprint density at radius 1 is 1.23 bits per heavy atom. The topological polar surface area (TPSA) is 76.0 Å². The van der Waals surface area contributed by atoms with Crippen molar-refractivity contribution in [1.82, 2.24) is 14.9 Å². The van der Waals surface area contributed by atoms with Crippen molar-refractivity contribution in [2.75, 3.05) is 11.9 Å². The van der Waals surface area contributed by atoms with Gasteiger partial charge in [0.2, 0.25) is 0 Å². The van der Waals surface area contributed by atoms with E-state index in [4.69, 9.17) is 0 Å². The van der Waals surface area contributed by atoms with E-state index in [1.807, 2.05) is 4.57 Å². The van der Waals surface area contributed by atoms with E-state index in [1.165, 1.54) is 12.1 Å². The van der Waals surface area contributed by atoms with Gasteiger partial charge >= 0.3 is 0 Å². The van der Waals surface area contributed by atoms with Crippen LogP contribution in [0.5, 0.6) is 0 Å². The highest BCUT2D eigenvalue weighted by Crippen LogP contribution is 2.22. The minimum absolute atomic E-state index is 0.101. The number of fused-ring (bicyclic) bond motifs is 1. The highest BCUT2D eigenvalue weighted by molar-refractivity contribution is 6.05. The summed E-state index contributed by atoms with van der Waals surface area (Å²) in [5, 5.41) is 5.41. The minimum Gasteiger partial charge on any atom is -0.349 e. The van der Waals surface area contributed by atoms with Gasteiger partial charge in [0.15, 0.2) is 11.5 Å². The van der Waals surface area contributed by atoms with Crippen molar-refractivity contribution in [3.63, 3.8) is 0 Å². The molecule has 0 saturated heterocycles. The van der Waals surface area contributed by atoms with E-state index in [1.54, 1.807) is 12.1 Å². The number of rotatable bonds is 6. The second-order valence-electron chi connectivity index (χ2n) is 6.38. The van der Waals surface area contributed by atoms with Gasteiger partial charge in [-0.3, -0.25) is 9.59 Å². The maximum atomic E-state index is 13.8. The van der Waals surface area contributed by atoms with Crippen molar-refractivity contribution in [2.24, 2.45) is 0 Å². The molecule has 6 nitrogen and oxygen atoms in total. The van der Waals surface area contributed by atoms with Crippen LogP contribution in [-0.2, 0) is 13.0 Å². The van der Waals surface area contributed by atoms with Crippen molar-refractivity contribution in [2.45, 2.75) is 45.6 Å². The van der Waals surface area contributed by atoms with Gasteiger partial charge in [0.25, 0.3) is 11.8 Å². The van der Waals surface area contributed by atoms with Crippen LogP contribution in [-0.4, -0.2) is 27.9 Å². The second-order valence-corrected chi connectivity index (χ2v) is 6.38. The monoisotopic (exact) mass is 358 g/mol. The normalized spacial score (nSPS) is 13.2. The molecule has 2 N–H and O–H groups in total. The van der Waals surface area contributed by atoms with Crippen LogP contribution in [0.2, 0.25) is 0 Å². The quantitative estimate of drug-likeness (QED) is 0.779. The Bertz CT molecular complexity index is 816. The molecule has 0 aliphatic carbocycles. The third kappa shape index (κ3) is 3.76. The van der Waals surface area contributed by atoms with Crippen LogP contribution < -0.4 is 10.6 Å². The summed E-state index contributed by atoms with van der Waals surface area (Å²) in [7, 11) is 0. The average molecular weight is 358 g/mol. The molecule has 2 aromatic rings. The van der Waals surface area contributed by atoms with Crippen LogP contribution in [0.25, 0.3) is 0 Å². The molecule has 1 aromatic carbocycles. The van der Waals surface area contributed by atoms with Crippen LogP contribution >= 0.6 is 0 Å². The maximum Gasteiger partial charge on any atom is 0.287 e. The molecule has 0 unspecified atom stereocenters. The lowest BCUT2D eigenvalue weighted by atomic mass is 10.1. The zero-order chi connectivity index (χ0) is 18.5. The maximum absolute atomic E-state index is 13.8. The van der Waals surface area contributed by atoms with Crippen molar-refractivity contribution in [1.29, 1.82) is 0 Å². The molecule has 1 aliphatic heterocycles. The Morgan fingerprint density at radius 2 is 2.04 bits per heavy atom. The second kappa shape index (κ2) is 8.12. The lowest BCUT2D eigenvalue weighted by molar-refractivity contribution is 0.0937. The van der Waals surface area contributed by atoms with E-state index in [0.717, 1.165) is 31.4 Å². The predicted molar refractivity (Wildman–Crippen MR) is 96.8 cm³/mol. The molecule has 0 fully saturated rings. The molecule has 1 aromatic heterocycles. The molecule has 1 aliphatic rings. The van der Waals surface area contributed by atoms with Gasteiger partial charge in [-0.1, -0.05) is 25.5 Å². The number of para-hydroxylation sites is 1. The van der Waals surface area contributed by atoms with Gasteiger partial charge in [0, 0.05) is 13.1 Å². The molecule has 2 heterocycles. The minimum atomic E-state index is -0.508. The van der Waals surface area contributed by atoms with E-state index >= 15 is 0 Å². The van der Waals surface area contributed by atoms with E-state index in [-0.39, 0.29) is 23.1 Å². The van der Waals surface area contributed by atoms with Gasteiger partial charge in [0.1, 0.15) is 5.82 Å². The fourth-order valence-electron chi connectivity index (χ4n) is 3.10. The number of imidazole rings is 1. The number of halogens is 1. The lowest BCUT2D eigenvalue weighted by Crippen LogP contribution is -2.28. The number of hydrogen-bond acceptors (Lipinski definition) is 3. The number of amides is 2. The Balaban J connectivity index is 1.86. The fraction of sp³-hybridized carbons (Fsp3) is 0.421. The number of nitrogens with zero attached hydrogens (tertiary/aromatic N) is 2. The Hall–Kier alpha value is -2.70. The van der Waals surface area contributed by atoms with Gasteiger partial charge in [0.05, 0.1) is 11.4 Å². The van der Waals surface area contributed by atoms with Gasteiger partial charge in [-0.25, -0.2) is 9.37 Å². The zero-order valence-electron chi connectivity index (χ0n) is 14.8.